The molecule has 3 aromatic rings. The smallest absolute Gasteiger partial charge is 0.321 e. The number of carbonyl (C=O) groups is 1. The van der Waals surface area contributed by atoms with Crippen LogP contribution in [0, 0.1) is 24.4 Å². The van der Waals surface area contributed by atoms with Crippen LogP contribution in [0.3, 0.4) is 0 Å². The van der Waals surface area contributed by atoms with E-state index in [1.165, 1.54) is 30.3 Å². The molecule has 2 amide bonds. The molecule has 0 bridgehead atoms. The molecule has 1 N–H and O–H groups in total. The van der Waals surface area contributed by atoms with E-state index in [-0.39, 0.29) is 29.5 Å². The molecule has 0 aromatic heterocycles. The van der Waals surface area contributed by atoms with Gasteiger partial charge in [0.15, 0.2) is 0 Å². The number of hydrogen-bond acceptors (Lipinski definition) is 2. The highest BCUT2D eigenvalue weighted by Crippen LogP contribution is 2.30. The van der Waals surface area contributed by atoms with E-state index < -0.39 is 0 Å². The number of piperazine rings is 1. The van der Waals surface area contributed by atoms with E-state index in [0.717, 1.165) is 11.1 Å². The Bertz CT molecular complexity index is 1030. The van der Waals surface area contributed by atoms with Crippen molar-refractivity contribution < 1.29 is 18.0 Å². The third-order valence-electron chi connectivity index (χ3n) is 5.76. The van der Waals surface area contributed by atoms with Gasteiger partial charge in [-0.25, -0.2) is 18.0 Å². The van der Waals surface area contributed by atoms with Crippen molar-refractivity contribution in [3.63, 3.8) is 0 Å². The first kappa shape index (κ1) is 21.9. The molecule has 7 heteroatoms. The highest BCUT2D eigenvalue weighted by Gasteiger charge is 2.28. The van der Waals surface area contributed by atoms with Crippen molar-refractivity contribution >= 4 is 11.7 Å². The normalized spacial score (nSPS) is 14.6. The Morgan fingerprint density at radius 3 is 1.84 bits per heavy atom. The van der Waals surface area contributed by atoms with Crippen LogP contribution in [0.25, 0.3) is 0 Å². The summed E-state index contributed by atoms with van der Waals surface area (Å²) in [5, 5.41) is 2.74. The van der Waals surface area contributed by atoms with Gasteiger partial charge in [0.25, 0.3) is 0 Å². The quantitative estimate of drug-likeness (QED) is 0.595. The molecule has 1 aliphatic heterocycles. The maximum absolute atomic E-state index is 13.8. The monoisotopic (exact) mass is 439 g/mol. The zero-order valence-corrected chi connectivity index (χ0v) is 17.7. The number of nitrogens with zero attached hydrogens (tertiary/aromatic N) is 2. The Balaban J connectivity index is 1.47. The van der Waals surface area contributed by atoms with Crippen LogP contribution in [0.2, 0.25) is 0 Å². The third kappa shape index (κ3) is 4.94. The van der Waals surface area contributed by atoms with Gasteiger partial charge in [-0.05, 0) is 60.0 Å². The molecule has 0 saturated carbocycles. The Labute approximate surface area is 185 Å². The molecule has 4 rings (SSSR count). The molecular weight excluding hydrogens is 415 g/mol. The van der Waals surface area contributed by atoms with Crippen LogP contribution in [0.4, 0.5) is 23.7 Å². The van der Waals surface area contributed by atoms with Crippen molar-refractivity contribution in [1.29, 1.82) is 0 Å². The summed E-state index contributed by atoms with van der Waals surface area (Å²) in [6.07, 6.45) is 0. The number of hydrogen-bond donors (Lipinski definition) is 1. The lowest BCUT2D eigenvalue weighted by Crippen LogP contribution is -2.51. The maximum Gasteiger partial charge on any atom is 0.321 e. The van der Waals surface area contributed by atoms with E-state index in [1.807, 2.05) is 0 Å². The van der Waals surface area contributed by atoms with E-state index in [0.29, 0.717) is 37.4 Å². The van der Waals surface area contributed by atoms with Crippen LogP contribution in [-0.2, 0) is 0 Å². The first-order valence-electron chi connectivity index (χ1n) is 10.5. The lowest BCUT2D eigenvalue weighted by Gasteiger charge is -2.39. The van der Waals surface area contributed by atoms with Crippen molar-refractivity contribution in [3.05, 3.63) is 101 Å². The number of nitrogens with one attached hydrogen (secondary N) is 1. The first-order valence-corrected chi connectivity index (χ1v) is 10.5. The fourth-order valence-corrected chi connectivity index (χ4v) is 3.96. The molecule has 0 aliphatic carbocycles. The fraction of sp³-hybridized carbons (Fsp3) is 0.240. The number of amides is 2. The molecule has 3 aromatic carbocycles. The standard InChI is InChI=1S/C25H24F3N3O/c1-17-2-11-22(16-23(17)28)29-25(32)31-14-12-30(13-15-31)24(18-3-7-20(26)8-4-18)19-5-9-21(27)10-6-19/h2-11,16,24H,12-15H2,1H3,(H,29,32). The van der Waals surface area contributed by atoms with E-state index in [2.05, 4.69) is 10.2 Å². The maximum atomic E-state index is 13.8. The lowest BCUT2D eigenvalue weighted by molar-refractivity contribution is 0.126. The molecule has 4 nitrogen and oxygen atoms in total. The molecular formula is C25H24F3N3O. The van der Waals surface area contributed by atoms with Crippen LogP contribution in [-0.4, -0.2) is 42.0 Å². The van der Waals surface area contributed by atoms with Crippen molar-refractivity contribution in [3.8, 4) is 0 Å². The van der Waals surface area contributed by atoms with Crippen molar-refractivity contribution in [2.24, 2.45) is 0 Å². The molecule has 1 fully saturated rings. The van der Waals surface area contributed by atoms with Gasteiger partial charge in [-0.1, -0.05) is 30.3 Å². The molecule has 0 radical (unpaired) electrons. The summed E-state index contributed by atoms with van der Waals surface area (Å²) >= 11 is 0. The summed E-state index contributed by atoms with van der Waals surface area (Å²) in [5.41, 5.74) is 2.72. The molecule has 1 aliphatic rings. The van der Waals surface area contributed by atoms with Crippen LogP contribution in [0.1, 0.15) is 22.7 Å². The second-order valence-electron chi connectivity index (χ2n) is 7.92. The van der Waals surface area contributed by atoms with E-state index in [4.69, 9.17) is 0 Å². The Morgan fingerprint density at radius 1 is 0.812 bits per heavy atom. The van der Waals surface area contributed by atoms with Crippen molar-refractivity contribution in [2.45, 2.75) is 13.0 Å². The van der Waals surface area contributed by atoms with Crippen LogP contribution < -0.4 is 5.32 Å². The van der Waals surface area contributed by atoms with Gasteiger partial charge in [0, 0.05) is 31.9 Å². The van der Waals surface area contributed by atoms with Gasteiger partial charge in [-0.3, -0.25) is 4.90 Å². The number of urea groups is 1. The Kier molecular flexibility index (Phi) is 6.46. The highest BCUT2D eigenvalue weighted by molar-refractivity contribution is 5.89. The van der Waals surface area contributed by atoms with Gasteiger partial charge < -0.3 is 10.2 Å². The third-order valence-corrected chi connectivity index (χ3v) is 5.76. The summed E-state index contributed by atoms with van der Waals surface area (Å²) in [5.74, 6) is -1.00. The van der Waals surface area contributed by atoms with Gasteiger partial charge in [0.2, 0.25) is 0 Å². The zero-order chi connectivity index (χ0) is 22.7. The Morgan fingerprint density at radius 2 is 1.34 bits per heavy atom. The van der Waals surface area contributed by atoms with Gasteiger partial charge in [0.05, 0.1) is 6.04 Å². The van der Waals surface area contributed by atoms with E-state index in [1.54, 1.807) is 48.2 Å². The second-order valence-corrected chi connectivity index (χ2v) is 7.92. The van der Waals surface area contributed by atoms with Crippen LogP contribution in [0.15, 0.2) is 66.7 Å². The van der Waals surface area contributed by atoms with Crippen molar-refractivity contribution in [2.75, 3.05) is 31.5 Å². The topological polar surface area (TPSA) is 35.6 Å². The number of carbonyl (C=O) groups excluding carboxylic acids is 1. The minimum atomic E-state index is -0.367. The fourth-order valence-electron chi connectivity index (χ4n) is 3.96. The molecule has 1 saturated heterocycles. The number of aryl methyl sites for hydroxylation is 1. The average molecular weight is 439 g/mol. The first-order chi connectivity index (χ1) is 15.4. The lowest BCUT2D eigenvalue weighted by atomic mass is 9.96. The second kappa shape index (κ2) is 9.44. The number of anilines is 1. The zero-order valence-electron chi connectivity index (χ0n) is 17.7. The van der Waals surface area contributed by atoms with Crippen LogP contribution in [0.5, 0.6) is 0 Å². The number of halogens is 3. The minimum absolute atomic E-state index is 0.187. The molecule has 32 heavy (non-hydrogen) atoms. The summed E-state index contributed by atoms with van der Waals surface area (Å²) in [7, 11) is 0. The highest BCUT2D eigenvalue weighted by atomic mass is 19.1. The molecule has 1 heterocycles. The molecule has 0 atom stereocenters. The van der Waals surface area contributed by atoms with Gasteiger partial charge in [-0.15, -0.1) is 0 Å². The SMILES string of the molecule is Cc1ccc(NC(=O)N2CCN(C(c3ccc(F)cc3)c3ccc(F)cc3)CC2)cc1F. The summed E-state index contributed by atoms with van der Waals surface area (Å²) in [6.45, 7) is 3.77. The minimum Gasteiger partial charge on any atom is -0.322 e. The molecule has 0 unspecified atom stereocenters. The van der Waals surface area contributed by atoms with Gasteiger partial charge in [-0.2, -0.15) is 0 Å². The van der Waals surface area contributed by atoms with Crippen molar-refractivity contribution in [1.82, 2.24) is 9.80 Å². The summed E-state index contributed by atoms with van der Waals surface area (Å²) in [6, 6.07) is 16.7. The summed E-state index contributed by atoms with van der Waals surface area (Å²) in [4.78, 5) is 16.5. The van der Waals surface area contributed by atoms with E-state index in [9.17, 15) is 18.0 Å². The summed E-state index contributed by atoms with van der Waals surface area (Å²) < 4.78 is 40.7. The number of benzene rings is 3. The van der Waals surface area contributed by atoms with Crippen LogP contribution >= 0.6 is 0 Å². The number of rotatable bonds is 4. The predicted molar refractivity (Wildman–Crippen MR) is 118 cm³/mol. The van der Waals surface area contributed by atoms with E-state index >= 15 is 0 Å². The average Bonchev–Trinajstić information content (AvgIpc) is 2.79. The molecule has 0 spiro atoms. The molecule has 166 valence electrons. The van der Waals surface area contributed by atoms with Gasteiger partial charge in [0.1, 0.15) is 17.5 Å². The predicted octanol–water partition coefficient (Wildman–Crippen LogP) is 5.35. The Hall–Kier alpha value is -3.32. The largest absolute Gasteiger partial charge is 0.322 e. The van der Waals surface area contributed by atoms with Gasteiger partial charge >= 0.3 is 6.03 Å².